The number of aryl methyl sites for hydroxylation is 2. The van der Waals surface area contributed by atoms with Crippen LogP contribution in [-0.4, -0.2) is 40.2 Å². The number of fused-ring (bicyclic) bond motifs is 6. The largest absolute Gasteiger partial charge is 0.494 e. The highest BCUT2D eigenvalue weighted by Crippen LogP contribution is 2.40. The molecule has 1 aliphatic rings. The number of amides is 1. The second-order valence-electron chi connectivity index (χ2n) is 8.43. The normalized spacial score (nSPS) is 14.2. The summed E-state index contributed by atoms with van der Waals surface area (Å²) in [5.74, 6) is 0.395. The lowest BCUT2D eigenvalue weighted by atomic mass is 10.0. The topological polar surface area (TPSA) is 126 Å². The Morgan fingerprint density at radius 2 is 1.94 bits per heavy atom. The summed E-state index contributed by atoms with van der Waals surface area (Å²) in [6.07, 6.45) is 0. The van der Waals surface area contributed by atoms with Gasteiger partial charge in [0.05, 0.1) is 37.4 Å². The molecule has 0 saturated carbocycles. The third-order valence-electron chi connectivity index (χ3n) is 5.83. The van der Waals surface area contributed by atoms with Gasteiger partial charge in [0.25, 0.3) is 5.91 Å². The second-order valence-corrected chi connectivity index (χ2v) is 8.43. The maximum atomic E-state index is 12.9. The quantitative estimate of drug-likeness (QED) is 0.335. The fraction of sp³-hybridized carbons (Fsp3) is 0.231. The minimum Gasteiger partial charge on any atom is -0.494 e. The molecule has 36 heavy (non-hydrogen) atoms. The number of nitrogens with zero attached hydrogens (tertiary/aromatic N) is 3. The Hall–Kier alpha value is -4.44. The van der Waals surface area contributed by atoms with Crippen molar-refractivity contribution >= 4 is 28.9 Å². The van der Waals surface area contributed by atoms with Crippen LogP contribution in [0.25, 0.3) is 11.3 Å². The van der Waals surface area contributed by atoms with Crippen molar-refractivity contribution in [2.45, 2.75) is 27.1 Å². The molecule has 10 heteroatoms. The lowest BCUT2D eigenvalue weighted by Crippen LogP contribution is -2.21. The fourth-order valence-electron chi connectivity index (χ4n) is 4.05. The first-order valence-corrected chi connectivity index (χ1v) is 11.2. The van der Waals surface area contributed by atoms with Crippen LogP contribution < -0.4 is 20.7 Å². The number of ether oxygens (including phenoxy) is 2. The number of pyridine rings is 1. The van der Waals surface area contributed by atoms with Crippen LogP contribution in [0.3, 0.4) is 0 Å². The van der Waals surface area contributed by atoms with E-state index < -0.39 is 12.9 Å². The van der Waals surface area contributed by atoms with Crippen LogP contribution in [0.4, 0.5) is 23.0 Å². The first-order chi connectivity index (χ1) is 18.6. The van der Waals surface area contributed by atoms with Gasteiger partial charge in [-0.1, -0.05) is 6.07 Å². The van der Waals surface area contributed by atoms with E-state index in [4.69, 9.17) is 13.6 Å². The number of anilines is 4. The van der Waals surface area contributed by atoms with Crippen LogP contribution in [0.5, 0.6) is 5.75 Å². The molecule has 184 valence electrons. The zero-order valence-electron chi connectivity index (χ0n) is 23.0. The van der Waals surface area contributed by atoms with E-state index in [1.165, 1.54) is 0 Å². The third kappa shape index (κ3) is 4.58. The number of methoxy groups -OCH3 is 1. The van der Waals surface area contributed by atoms with E-state index in [9.17, 15) is 4.79 Å². The minimum atomic E-state index is -2.71. The van der Waals surface area contributed by atoms with Crippen LogP contribution in [0.15, 0.2) is 42.5 Å². The van der Waals surface area contributed by atoms with Gasteiger partial charge in [0, 0.05) is 34.1 Å². The molecule has 3 aromatic heterocycles. The Morgan fingerprint density at radius 3 is 2.72 bits per heavy atom. The van der Waals surface area contributed by atoms with E-state index in [0.717, 1.165) is 33.8 Å². The summed E-state index contributed by atoms with van der Waals surface area (Å²) in [6.45, 7) is 1.77. The molecule has 1 aromatic carbocycles. The monoisotopic (exact) mass is 488 g/mol. The smallest absolute Gasteiger partial charge is 0.273 e. The number of hydrogen-bond acceptors (Lipinski definition) is 8. The Kier molecular flexibility index (Phi) is 5.32. The highest BCUT2D eigenvalue weighted by molar-refractivity contribution is 5.99. The van der Waals surface area contributed by atoms with Crippen molar-refractivity contribution in [2.75, 3.05) is 24.7 Å². The van der Waals surface area contributed by atoms with Gasteiger partial charge >= 0.3 is 0 Å². The Bertz CT molecular complexity index is 1550. The van der Waals surface area contributed by atoms with Gasteiger partial charge in [-0.05, 0) is 55.3 Å². The van der Waals surface area contributed by atoms with Crippen molar-refractivity contribution in [3.63, 3.8) is 0 Å². The number of carbonyl (C=O) groups is 1. The van der Waals surface area contributed by atoms with Gasteiger partial charge < -0.3 is 30.4 Å². The van der Waals surface area contributed by atoms with Crippen LogP contribution >= 0.6 is 0 Å². The molecule has 0 radical (unpaired) electrons. The molecule has 4 heterocycles. The highest BCUT2D eigenvalue weighted by atomic mass is 16.5. The number of rotatable bonds is 3. The molecule has 6 bridgehead atoms. The molecule has 4 aromatic rings. The summed E-state index contributed by atoms with van der Waals surface area (Å²) in [5.41, 5.74) is 5.66. The predicted octanol–water partition coefficient (Wildman–Crippen LogP) is 4.37. The van der Waals surface area contributed by atoms with Gasteiger partial charge in [-0.3, -0.25) is 4.79 Å². The van der Waals surface area contributed by atoms with E-state index in [1.807, 2.05) is 49.5 Å². The number of hydrogen-bond donors (Lipinski definition) is 4. The van der Waals surface area contributed by atoms with Crippen molar-refractivity contribution < 1.29 is 18.4 Å². The Morgan fingerprint density at radius 1 is 1.06 bits per heavy atom. The molecular weight excluding hydrogens is 458 g/mol. The lowest BCUT2D eigenvalue weighted by Gasteiger charge is -2.19. The summed E-state index contributed by atoms with van der Waals surface area (Å²) < 4.78 is 34.2. The van der Waals surface area contributed by atoms with E-state index in [0.29, 0.717) is 23.1 Å². The number of H-pyrrole nitrogens is 1. The molecule has 0 fully saturated rings. The fourth-order valence-corrected chi connectivity index (χ4v) is 4.05. The summed E-state index contributed by atoms with van der Waals surface area (Å²) in [4.78, 5) is 20.9. The van der Waals surface area contributed by atoms with Gasteiger partial charge in [-0.2, -0.15) is 0 Å². The van der Waals surface area contributed by atoms with Crippen LogP contribution in [0, 0.1) is 13.8 Å². The molecule has 10 nitrogen and oxygen atoms in total. The summed E-state index contributed by atoms with van der Waals surface area (Å²) >= 11 is 0. The van der Waals surface area contributed by atoms with Crippen molar-refractivity contribution in [1.29, 1.82) is 0 Å². The molecule has 0 saturated heterocycles. The standard InChI is InChI=1S/C26H27N7O3/c1-14-5-8-22-30-21(14)13-36-12-16-9-17(18-7-6-15(2)28-18)25(35-4)20(10-16)29-19-11-23(31-22)32-33-24(19)26(34)27-3/h5-11,28-29H,12-13H2,1-4H3,(H,27,34)(H,30,31,32)/i3D3. The van der Waals surface area contributed by atoms with Gasteiger partial charge in [0.1, 0.15) is 5.82 Å². The Labute approximate surface area is 212 Å². The molecular formula is C26H27N7O3. The van der Waals surface area contributed by atoms with Crippen molar-refractivity contribution in [3.8, 4) is 17.0 Å². The maximum Gasteiger partial charge on any atom is 0.273 e. The summed E-state index contributed by atoms with van der Waals surface area (Å²) in [6, 6.07) is 13.0. The SMILES string of the molecule is [2H]C([2H])([2H])NC(=O)c1nnc2cc1Nc1cc(cc(-c3ccc(C)[nH]3)c1OC)COCc1nc(ccc1C)N2. The molecule has 1 amide bonds. The number of aromatic amines is 1. The first kappa shape index (κ1) is 19.8. The van der Waals surface area contributed by atoms with Gasteiger partial charge in [0.15, 0.2) is 17.3 Å². The predicted molar refractivity (Wildman–Crippen MR) is 137 cm³/mol. The zero-order valence-corrected chi connectivity index (χ0v) is 20.0. The number of carbonyl (C=O) groups excluding carboxylic acids is 1. The third-order valence-corrected chi connectivity index (χ3v) is 5.83. The average Bonchev–Trinajstić information content (AvgIpc) is 3.30. The van der Waals surface area contributed by atoms with Gasteiger partial charge in [-0.15, -0.1) is 10.2 Å². The average molecular weight is 489 g/mol. The number of benzene rings is 1. The number of nitrogens with one attached hydrogen (secondary N) is 4. The van der Waals surface area contributed by atoms with Crippen molar-refractivity contribution in [3.05, 3.63) is 70.7 Å². The molecule has 0 aliphatic carbocycles. The lowest BCUT2D eigenvalue weighted by molar-refractivity contribution is 0.0958. The van der Waals surface area contributed by atoms with Crippen LogP contribution in [0.1, 0.15) is 37.1 Å². The summed E-state index contributed by atoms with van der Waals surface area (Å²) in [7, 11) is 1.55. The van der Waals surface area contributed by atoms with E-state index in [1.54, 1.807) is 19.2 Å². The zero-order chi connectivity index (χ0) is 27.7. The minimum absolute atomic E-state index is 0.206. The van der Waals surface area contributed by atoms with Gasteiger partial charge in [-0.25, -0.2) is 4.98 Å². The molecule has 0 unspecified atom stereocenters. The molecule has 0 spiro atoms. The molecule has 1 aliphatic heterocycles. The van der Waals surface area contributed by atoms with Crippen LogP contribution in [0.2, 0.25) is 0 Å². The van der Waals surface area contributed by atoms with Gasteiger partial charge in [0.2, 0.25) is 0 Å². The second kappa shape index (κ2) is 9.67. The van der Waals surface area contributed by atoms with Crippen LogP contribution in [-0.2, 0) is 18.0 Å². The molecule has 4 N–H and O–H groups in total. The number of aromatic nitrogens is 4. The maximum absolute atomic E-state index is 12.9. The molecule has 0 atom stereocenters. The Balaban J connectivity index is 1.68. The summed E-state index contributed by atoms with van der Waals surface area (Å²) in [5, 5.41) is 16.4. The highest BCUT2D eigenvalue weighted by Gasteiger charge is 2.20. The van der Waals surface area contributed by atoms with E-state index >= 15 is 0 Å². The van der Waals surface area contributed by atoms with E-state index in [2.05, 4.69) is 30.8 Å². The first-order valence-electron chi connectivity index (χ1n) is 12.7. The van der Waals surface area contributed by atoms with E-state index in [-0.39, 0.29) is 24.6 Å². The van der Waals surface area contributed by atoms with Crippen molar-refractivity contribution in [2.24, 2.45) is 0 Å². The van der Waals surface area contributed by atoms with Crippen molar-refractivity contribution in [1.82, 2.24) is 25.5 Å². The molecule has 5 rings (SSSR count).